The minimum absolute atomic E-state index is 0.0871. The van der Waals surface area contributed by atoms with E-state index in [0.29, 0.717) is 11.0 Å². The highest BCUT2D eigenvalue weighted by Gasteiger charge is 2.18. The molecule has 0 spiro atoms. The van der Waals surface area contributed by atoms with Gasteiger partial charge in [-0.3, -0.25) is 9.36 Å². The van der Waals surface area contributed by atoms with Crippen LogP contribution in [0.15, 0.2) is 71.9 Å². The summed E-state index contributed by atoms with van der Waals surface area (Å²) in [5.74, 6) is 1.57. The molecule has 34 heavy (non-hydrogen) atoms. The molecule has 3 aromatic carbocycles. The third kappa shape index (κ3) is 5.48. The molecule has 4 aromatic rings. The molecule has 6 nitrogen and oxygen atoms in total. The third-order valence-electron chi connectivity index (χ3n) is 5.62. The maximum absolute atomic E-state index is 12.7. The van der Waals surface area contributed by atoms with Gasteiger partial charge in [0.05, 0.1) is 11.4 Å². The number of hydrogen-bond acceptors (Lipinski definition) is 5. The summed E-state index contributed by atoms with van der Waals surface area (Å²) >= 11 is 1.36. The number of hydrogen-bond donors (Lipinski definition) is 1. The van der Waals surface area contributed by atoms with E-state index in [0.717, 1.165) is 33.8 Å². The summed E-state index contributed by atoms with van der Waals surface area (Å²) in [6, 6.07) is 21.8. The zero-order valence-electron chi connectivity index (χ0n) is 19.8. The molecule has 0 bridgehead atoms. The molecule has 0 saturated carbocycles. The van der Waals surface area contributed by atoms with Gasteiger partial charge in [0, 0.05) is 5.69 Å². The van der Waals surface area contributed by atoms with Crippen molar-refractivity contribution in [3.05, 3.63) is 94.8 Å². The Bertz CT molecular complexity index is 1300. The number of carbonyl (C=O) groups excluding carboxylic acids is 1. The summed E-state index contributed by atoms with van der Waals surface area (Å²) in [4.78, 5) is 12.7. The molecule has 7 heteroatoms. The quantitative estimate of drug-likeness (QED) is 0.328. The van der Waals surface area contributed by atoms with Crippen LogP contribution in [0.4, 0.5) is 5.69 Å². The molecule has 0 radical (unpaired) electrons. The molecule has 1 aromatic heterocycles. The normalized spacial score (nSPS) is 10.8. The monoisotopic (exact) mass is 472 g/mol. The van der Waals surface area contributed by atoms with E-state index in [2.05, 4.69) is 47.6 Å². The van der Waals surface area contributed by atoms with Crippen molar-refractivity contribution in [2.24, 2.45) is 0 Å². The molecule has 0 atom stereocenters. The summed E-state index contributed by atoms with van der Waals surface area (Å²) in [5.41, 5.74) is 6.29. The largest absolute Gasteiger partial charge is 0.486 e. The Kier molecular flexibility index (Phi) is 7.33. The van der Waals surface area contributed by atoms with Crippen molar-refractivity contribution in [3.63, 3.8) is 0 Å². The molecular weight excluding hydrogens is 444 g/mol. The molecule has 1 heterocycles. The fourth-order valence-corrected chi connectivity index (χ4v) is 4.42. The van der Waals surface area contributed by atoms with E-state index >= 15 is 0 Å². The van der Waals surface area contributed by atoms with Crippen LogP contribution in [0.3, 0.4) is 0 Å². The molecule has 0 unspecified atom stereocenters. The van der Waals surface area contributed by atoms with Gasteiger partial charge >= 0.3 is 0 Å². The molecule has 0 saturated heterocycles. The Balaban J connectivity index is 1.55. The molecular formula is C27H28N4O2S. The minimum atomic E-state index is -0.0871. The third-order valence-corrected chi connectivity index (χ3v) is 6.54. The van der Waals surface area contributed by atoms with Crippen LogP contribution in [0.5, 0.6) is 5.75 Å². The first-order valence-corrected chi connectivity index (χ1v) is 12.1. The van der Waals surface area contributed by atoms with Gasteiger partial charge in [0.1, 0.15) is 12.4 Å². The summed E-state index contributed by atoms with van der Waals surface area (Å²) in [5, 5.41) is 12.4. The number of carbonyl (C=O) groups is 1. The van der Waals surface area contributed by atoms with Crippen LogP contribution in [0.2, 0.25) is 0 Å². The molecule has 1 amide bonds. The van der Waals surface area contributed by atoms with Crippen LogP contribution < -0.4 is 10.1 Å². The first-order valence-electron chi connectivity index (χ1n) is 11.1. The SMILES string of the molecule is Cc1ccc(-n2c(COc3ccccc3)nnc2SCC(=O)Nc2cccc(C)c2C)c(C)c1. The lowest BCUT2D eigenvalue weighted by Crippen LogP contribution is -2.16. The lowest BCUT2D eigenvalue weighted by Gasteiger charge is -2.14. The maximum atomic E-state index is 12.7. The first-order chi connectivity index (χ1) is 16.4. The summed E-state index contributed by atoms with van der Waals surface area (Å²) in [6.07, 6.45) is 0. The van der Waals surface area contributed by atoms with Gasteiger partial charge in [0.25, 0.3) is 0 Å². The molecule has 0 aliphatic heterocycles. The molecule has 0 aliphatic rings. The number of thioether (sulfide) groups is 1. The average Bonchev–Trinajstić information content (AvgIpc) is 3.22. The summed E-state index contributed by atoms with van der Waals surface area (Å²) in [7, 11) is 0. The van der Waals surface area contributed by atoms with E-state index in [9.17, 15) is 4.79 Å². The number of ether oxygens (including phenoxy) is 1. The topological polar surface area (TPSA) is 69.0 Å². The molecule has 1 N–H and O–H groups in total. The molecule has 0 fully saturated rings. The van der Waals surface area contributed by atoms with Crippen LogP contribution in [0.1, 0.15) is 28.1 Å². The number of aromatic nitrogens is 3. The van der Waals surface area contributed by atoms with E-state index in [-0.39, 0.29) is 18.3 Å². The number of aryl methyl sites for hydroxylation is 3. The number of para-hydroxylation sites is 1. The maximum Gasteiger partial charge on any atom is 0.234 e. The van der Waals surface area contributed by atoms with Gasteiger partial charge in [-0.1, -0.05) is 59.8 Å². The van der Waals surface area contributed by atoms with Gasteiger partial charge in [-0.25, -0.2) is 0 Å². The lowest BCUT2D eigenvalue weighted by atomic mass is 10.1. The number of nitrogens with zero attached hydrogens (tertiary/aromatic N) is 3. The number of amides is 1. The molecule has 0 aliphatic carbocycles. The van der Waals surface area contributed by atoms with Gasteiger partial charge in [-0.15, -0.1) is 10.2 Å². The van der Waals surface area contributed by atoms with Crippen LogP contribution in [0, 0.1) is 27.7 Å². The zero-order chi connectivity index (χ0) is 24.1. The van der Waals surface area contributed by atoms with Crippen LogP contribution in [-0.4, -0.2) is 26.4 Å². The Morgan fingerprint density at radius 3 is 2.50 bits per heavy atom. The van der Waals surface area contributed by atoms with Crippen molar-refractivity contribution >= 4 is 23.4 Å². The highest BCUT2D eigenvalue weighted by Crippen LogP contribution is 2.26. The number of rotatable bonds is 8. The Morgan fingerprint density at radius 1 is 0.941 bits per heavy atom. The standard InChI is InChI=1S/C27H28N4O2S/c1-18-13-14-24(20(3)15-18)31-25(16-33-22-10-6-5-7-11-22)29-30-27(31)34-17-26(32)28-23-12-8-9-19(2)21(23)4/h5-15H,16-17H2,1-4H3,(H,28,32). The van der Waals surface area contributed by atoms with Gasteiger partial charge in [-0.05, 0) is 68.7 Å². The van der Waals surface area contributed by atoms with Crippen LogP contribution >= 0.6 is 11.8 Å². The second-order valence-electron chi connectivity index (χ2n) is 8.21. The first kappa shape index (κ1) is 23.6. The summed E-state index contributed by atoms with van der Waals surface area (Å²) < 4.78 is 7.93. The highest BCUT2D eigenvalue weighted by atomic mass is 32.2. The fraction of sp³-hybridized carbons (Fsp3) is 0.222. The smallest absolute Gasteiger partial charge is 0.234 e. The fourth-order valence-electron chi connectivity index (χ4n) is 3.65. The number of anilines is 1. The van der Waals surface area contributed by atoms with E-state index < -0.39 is 0 Å². The van der Waals surface area contributed by atoms with Crippen molar-refractivity contribution in [2.75, 3.05) is 11.1 Å². The Morgan fingerprint density at radius 2 is 1.74 bits per heavy atom. The van der Waals surface area contributed by atoms with Crippen molar-refractivity contribution in [1.82, 2.24) is 14.8 Å². The second-order valence-corrected chi connectivity index (χ2v) is 9.15. The van der Waals surface area contributed by atoms with Gasteiger partial charge in [-0.2, -0.15) is 0 Å². The highest BCUT2D eigenvalue weighted by molar-refractivity contribution is 7.99. The van der Waals surface area contributed by atoms with Crippen molar-refractivity contribution in [1.29, 1.82) is 0 Å². The van der Waals surface area contributed by atoms with Crippen molar-refractivity contribution in [2.45, 2.75) is 39.5 Å². The second kappa shape index (κ2) is 10.6. The lowest BCUT2D eigenvalue weighted by molar-refractivity contribution is -0.113. The average molecular weight is 473 g/mol. The Labute approximate surface area is 204 Å². The van der Waals surface area contributed by atoms with Crippen molar-refractivity contribution < 1.29 is 9.53 Å². The number of benzene rings is 3. The predicted molar refractivity (Wildman–Crippen MR) is 137 cm³/mol. The predicted octanol–water partition coefficient (Wildman–Crippen LogP) is 5.81. The molecule has 4 rings (SSSR count). The van der Waals surface area contributed by atoms with E-state index in [1.165, 1.54) is 17.3 Å². The molecule has 174 valence electrons. The zero-order valence-corrected chi connectivity index (χ0v) is 20.6. The van der Waals surface area contributed by atoms with Crippen LogP contribution in [0.25, 0.3) is 5.69 Å². The minimum Gasteiger partial charge on any atom is -0.486 e. The van der Waals surface area contributed by atoms with E-state index in [4.69, 9.17) is 4.74 Å². The Hall–Kier alpha value is -3.58. The van der Waals surface area contributed by atoms with Gasteiger partial charge < -0.3 is 10.1 Å². The summed E-state index contributed by atoms with van der Waals surface area (Å²) in [6.45, 7) is 8.43. The van der Waals surface area contributed by atoms with Crippen LogP contribution in [-0.2, 0) is 11.4 Å². The number of nitrogens with one attached hydrogen (secondary N) is 1. The van der Waals surface area contributed by atoms with Gasteiger partial charge in [0.2, 0.25) is 5.91 Å². The van der Waals surface area contributed by atoms with E-state index in [1.54, 1.807) is 0 Å². The van der Waals surface area contributed by atoms with Crippen molar-refractivity contribution in [3.8, 4) is 11.4 Å². The van der Waals surface area contributed by atoms with E-state index in [1.807, 2.05) is 66.9 Å². The van der Waals surface area contributed by atoms with Gasteiger partial charge in [0.15, 0.2) is 11.0 Å².